The fourth-order valence-electron chi connectivity index (χ4n) is 4.38. The lowest BCUT2D eigenvalue weighted by molar-refractivity contribution is -0.122. The topological polar surface area (TPSA) is 111 Å². The number of hydrazone groups is 1. The number of carbonyl (C=O) groups excluding carboxylic acids is 2. The maximum Gasteiger partial charge on any atom is 0.280 e. The van der Waals surface area contributed by atoms with Crippen molar-refractivity contribution < 1.29 is 19.1 Å². The van der Waals surface area contributed by atoms with Crippen LogP contribution in [-0.2, 0) is 9.59 Å². The Morgan fingerprint density at radius 1 is 0.951 bits per heavy atom. The molecule has 0 radical (unpaired) electrons. The first kappa shape index (κ1) is 27.6. The van der Waals surface area contributed by atoms with E-state index in [-0.39, 0.29) is 18.4 Å². The Balaban J connectivity index is 1.30. The SMILES string of the molecule is Cc1ccc(OC(C)C(=O)Nc2ccc(N3N=C(COc4ccccc4)C(n4nc(C)c(C)n4)C3=O)cc2)c(C)c1. The molecule has 0 fully saturated rings. The molecule has 41 heavy (non-hydrogen) atoms. The van der Waals surface area contributed by atoms with E-state index in [4.69, 9.17) is 9.47 Å². The number of rotatable bonds is 9. The van der Waals surface area contributed by atoms with Gasteiger partial charge in [0.15, 0.2) is 12.1 Å². The number of nitrogens with zero attached hydrogens (tertiary/aromatic N) is 5. The average molecular weight is 553 g/mol. The molecular weight excluding hydrogens is 520 g/mol. The fourth-order valence-corrected chi connectivity index (χ4v) is 4.38. The molecule has 0 saturated carbocycles. The lowest BCUT2D eigenvalue weighted by Crippen LogP contribution is -2.33. The summed E-state index contributed by atoms with van der Waals surface area (Å²) in [4.78, 5) is 27.8. The zero-order chi connectivity index (χ0) is 29.1. The molecule has 2 amide bonds. The van der Waals surface area contributed by atoms with Crippen LogP contribution >= 0.6 is 0 Å². The molecule has 5 rings (SSSR count). The Morgan fingerprint density at radius 3 is 2.29 bits per heavy atom. The number of amides is 2. The van der Waals surface area contributed by atoms with Crippen molar-refractivity contribution in [1.29, 1.82) is 0 Å². The number of aryl methyl sites for hydroxylation is 4. The molecule has 1 aliphatic rings. The van der Waals surface area contributed by atoms with E-state index < -0.39 is 12.1 Å². The molecule has 2 heterocycles. The Labute approximate surface area is 238 Å². The first-order valence-corrected chi connectivity index (χ1v) is 13.3. The first-order chi connectivity index (χ1) is 19.7. The summed E-state index contributed by atoms with van der Waals surface area (Å²) in [5, 5.41) is 17.7. The number of benzene rings is 3. The second kappa shape index (κ2) is 11.6. The van der Waals surface area contributed by atoms with Crippen LogP contribution in [0.5, 0.6) is 11.5 Å². The number of carbonyl (C=O) groups is 2. The molecule has 2 unspecified atom stereocenters. The number of ether oxygens (including phenoxy) is 2. The smallest absolute Gasteiger partial charge is 0.280 e. The van der Waals surface area contributed by atoms with Crippen molar-refractivity contribution >= 4 is 28.9 Å². The van der Waals surface area contributed by atoms with Gasteiger partial charge in [-0.05, 0) is 82.6 Å². The molecule has 3 aromatic carbocycles. The van der Waals surface area contributed by atoms with Crippen LogP contribution in [0.1, 0.15) is 35.5 Å². The van der Waals surface area contributed by atoms with E-state index in [9.17, 15) is 9.59 Å². The Hall–Kier alpha value is -4.99. The van der Waals surface area contributed by atoms with Crippen LogP contribution in [0.25, 0.3) is 0 Å². The van der Waals surface area contributed by atoms with Gasteiger partial charge in [-0.3, -0.25) is 9.59 Å². The van der Waals surface area contributed by atoms with Crippen molar-refractivity contribution in [2.75, 3.05) is 16.9 Å². The highest BCUT2D eigenvalue weighted by molar-refractivity contribution is 6.17. The van der Waals surface area contributed by atoms with Gasteiger partial charge in [-0.25, -0.2) is 0 Å². The number of nitrogens with one attached hydrogen (secondary N) is 1. The Morgan fingerprint density at radius 2 is 1.63 bits per heavy atom. The summed E-state index contributed by atoms with van der Waals surface area (Å²) in [5.41, 5.74) is 5.13. The van der Waals surface area contributed by atoms with Gasteiger partial charge in [0.25, 0.3) is 11.8 Å². The largest absolute Gasteiger partial charge is 0.487 e. The van der Waals surface area contributed by atoms with Crippen molar-refractivity contribution in [3.8, 4) is 11.5 Å². The van der Waals surface area contributed by atoms with E-state index in [2.05, 4.69) is 20.6 Å². The predicted octanol–water partition coefficient (Wildman–Crippen LogP) is 4.94. The lowest BCUT2D eigenvalue weighted by atomic mass is 10.1. The van der Waals surface area contributed by atoms with Gasteiger partial charge in [-0.1, -0.05) is 35.9 Å². The van der Waals surface area contributed by atoms with Gasteiger partial charge in [-0.2, -0.15) is 25.1 Å². The van der Waals surface area contributed by atoms with Gasteiger partial charge in [0.05, 0.1) is 17.1 Å². The van der Waals surface area contributed by atoms with Gasteiger partial charge >= 0.3 is 0 Å². The molecule has 0 saturated heterocycles. The molecule has 10 nitrogen and oxygen atoms in total. The van der Waals surface area contributed by atoms with Crippen LogP contribution in [0.4, 0.5) is 11.4 Å². The Bertz CT molecular complexity index is 1580. The predicted molar refractivity (Wildman–Crippen MR) is 156 cm³/mol. The number of aromatic nitrogens is 3. The Kier molecular flexibility index (Phi) is 7.82. The quantitative estimate of drug-likeness (QED) is 0.315. The third kappa shape index (κ3) is 6.11. The minimum atomic E-state index is -0.839. The van der Waals surface area contributed by atoms with Crippen molar-refractivity contribution in [2.24, 2.45) is 5.10 Å². The summed E-state index contributed by atoms with van der Waals surface area (Å²) in [6.45, 7) is 9.42. The minimum absolute atomic E-state index is 0.0864. The normalized spacial score (nSPS) is 15.4. The van der Waals surface area contributed by atoms with E-state index in [1.54, 1.807) is 31.2 Å². The van der Waals surface area contributed by atoms with Crippen LogP contribution in [0.15, 0.2) is 77.9 Å². The number of anilines is 2. The zero-order valence-corrected chi connectivity index (χ0v) is 23.7. The molecule has 2 atom stereocenters. The van der Waals surface area contributed by atoms with Crippen LogP contribution in [-0.4, -0.2) is 45.2 Å². The van der Waals surface area contributed by atoms with Gasteiger partial charge in [0, 0.05) is 5.69 Å². The van der Waals surface area contributed by atoms with Crippen molar-refractivity contribution in [3.05, 3.63) is 95.3 Å². The second-order valence-electron chi connectivity index (χ2n) is 10.0. The maximum absolute atomic E-state index is 13.6. The second-order valence-corrected chi connectivity index (χ2v) is 10.0. The molecule has 1 aliphatic heterocycles. The highest BCUT2D eigenvalue weighted by Crippen LogP contribution is 2.28. The highest BCUT2D eigenvalue weighted by atomic mass is 16.5. The van der Waals surface area contributed by atoms with E-state index in [1.165, 1.54) is 9.81 Å². The van der Waals surface area contributed by atoms with Crippen LogP contribution in [0.3, 0.4) is 0 Å². The summed E-state index contributed by atoms with van der Waals surface area (Å²) in [7, 11) is 0. The zero-order valence-electron chi connectivity index (χ0n) is 23.7. The van der Waals surface area contributed by atoms with Gasteiger partial charge in [0.1, 0.15) is 23.8 Å². The number of hydrogen-bond donors (Lipinski definition) is 1. The lowest BCUT2D eigenvalue weighted by Gasteiger charge is -2.17. The van der Waals surface area contributed by atoms with E-state index >= 15 is 0 Å². The minimum Gasteiger partial charge on any atom is -0.487 e. The van der Waals surface area contributed by atoms with E-state index in [0.717, 1.165) is 22.5 Å². The molecule has 0 spiro atoms. The third-order valence-electron chi connectivity index (χ3n) is 6.76. The molecule has 210 valence electrons. The van der Waals surface area contributed by atoms with Crippen LogP contribution < -0.4 is 19.8 Å². The standard InChI is InChI=1S/C31H32N6O4/c1-19-11-16-28(20(2)17-19)41-23(5)30(38)32-24-12-14-25(15-13-24)36-31(39)29(37-33-21(3)22(4)34-37)27(35-36)18-40-26-9-7-6-8-10-26/h6-17,23,29H,18H2,1-5H3,(H,32,38). The van der Waals surface area contributed by atoms with Gasteiger partial charge in [-0.15, -0.1) is 0 Å². The molecule has 4 aromatic rings. The van der Waals surface area contributed by atoms with Crippen LogP contribution in [0.2, 0.25) is 0 Å². The summed E-state index contributed by atoms with van der Waals surface area (Å²) in [6.07, 6.45) is -0.706. The van der Waals surface area contributed by atoms with E-state index in [1.807, 2.05) is 76.2 Å². The van der Waals surface area contributed by atoms with Crippen molar-refractivity contribution in [3.63, 3.8) is 0 Å². The summed E-state index contributed by atoms with van der Waals surface area (Å²) < 4.78 is 11.8. The average Bonchev–Trinajstić information content (AvgIpc) is 3.47. The monoisotopic (exact) mass is 552 g/mol. The fraction of sp³-hybridized carbons (Fsp3) is 0.258. The number of para-hydroxylation sites is 1. The summed E-state index contributed by atoms with van der Waals surface area (Å²) >= 11 is 0. The molecule has 1 N–H and O–H groups in total. The van der Waals surface area contributed by atoms with Crippen molar-refractivity contribution in [1.82, 2.24) is 15.0 Å². The molecule has 0 aliphatic carbocycles. The first-order valence-electron chi connectivity index (χ1n) is 13.3. The maximum atomic E-state index is 13.6. The molecule has 0 bridgehead atoms. The molecule has 10 heteroatoms. The molecular formula is C31H32N6O4. The summed E-state index contributed by atoms with van der Waals surface area (Å²) in [5.74, 6) is 0.733. The van der Waals surface area contributed by atoms with Crippen LogP contribution in [0, 0.1) is 27.7 Å². The summed E-state index contributed by atoms with van der Waals surface area (Å²) in [6, 6.07) is 21.2. The highest BCUT2D eigenvalue weighted by Gasteiger charge is 2.40. The van der Waals surface area contributed by atoms with Crippen molar-refractivity contribution in [2.45, 2.75) is 46.8 Å². The third-order valence-corrected chi connectivity index (χ3v) is 6.76. The van der Waals surface area contributed by atoms with Gasteiger partial charge < -0.3 is 14.8 Å². The molecule has 1 aromatic heterocycles. The van der Waals surface area contributed by atoms with Gasteiger partial charge in [0.2, 0.25) is 0 Å². The number of hydrogen-bond acceptors (Lipinski definition) is 7. The van der Waals surface area contributed by atoms with E-state index in [0.29, 0.717) is 28.6 Å².